The first-order valence-electron chi connectivity index (χ1n) is 16.4. The van der Waals surface area contributed by atoms with Gasteiger partial charge in [-0.15, -0.1) is 0 Å². The van der Waals surface area contributed by atoms with Crippen molar-refractivity contribution in [2.75, 3.05) is 7.11 Å². The molecule has 0 aromatic heterocycles. The lowest BCUT2D eigenvalue weighted by molar-refractivity contribution is -0.148. The van der Waals surface area contributed by atoms with Gasteiger partial charge in [0.25, 0.3) is 0 Å². The summed E-state index contributed by atoms with van der Waals surface area (Å²) in [7, 11) is 1.72. The Bertz CT molecular complexity index is 1300. The number of nitrogens with zero attached hydrogens (tertiary/aromatic N) is 2. The second kappa shape index (κ2) is 9.43. The standard InChI is InChI=1S/C37H50N2O/c1-23(2)33-24(3)22-37(32-21-30(38-39-32)25-10-12-27(40-6)13-11-25)20-17-29-28(34(33)37)14-15-31-35(4)18-8-7-9-26(35)16-19-36(29,31)5/h10-13,23,26,28-29,31H,3,7-9,14-22H2,1-2,4-6H3. The molecule has 7 unspecified atom stereocenters. The second-order valence-electron chi connectivity index (χ2n) is 15.2. The van der Waals surface area contributed by atoms with Gasteiger partial charge in [0.05, 0.1) is 18.5 Å². The molecule has 40 heavy (non-hydrogen) atoms. The van der Waals surface area contributed by atoms with E-state index in [1.807, 2.05) is 12.1 Å². The van der Waals surface area contributed by atoms with E-state index in [4.69, 9.17) is 21.5 Å². The lowest BCUT2D eigenvalue weighted by Gasteiger charge is -2.66. The maximum absolute atomic E-state index is 5.40. The summed E-state index contributed by atoms with van der Waals surface area (Å²) in [5.74, 6) is 4.76. The third-order valence-electron chi connectivity index (χ3n) is 13.3. The summed E-state index contributed by atoms with van der Waals surface area (Å²) in [6.07, 6.45) is 16.1. The minimum atomic E-state index is 0.0325. The highest BCUT2D eigenvalue weighted by molar-refractivity contribution is 6.17. The van der Waals surface area contributed by atoms with E-state index in [1.54, 1.807) is 18.3 Å². The molecule has 0 spiro atoms. The zero-order chi connectivity index (χ0) is 27.9. The minimum absolute atomic E-state index is 0.0325. The van der Waals surface area contributed by atoms with Gasteiger partial charge in [0, 0.05) is 11.8 Å². The zero-order valence-corrected chi connectivity index (χ0v) is 25.7. The van der Waals surface area contributed by atoms with Gasteiger partial charge in [0.1, 0.15) is 5.75 Å². The average molecular weight is 539 g/mol. The quantitative estimate of drug-likeness (QED) is 0.376. The maximum Gasteiger partial charge on any atom is 0.118 e. The van der Waals surface area contributed by atoms with Crippen LogP contribution in [0.3, 0.4) is 0 Å². The second-order valence-corrected chi connectivity index (χ2v) is 15.2. The third kappa shape index (κ3) is 3.67. The highest BCUT2D eigenvalue weighted by atomic mass is 16.5. The van der Waals surface area contributed by atoms with Crippen LogP contribution in [-0.4, -0.2) is 18.5 Å². The van der Waals surface area contributed by atoms with Crippen LogP contribution >= 0.6 is 0 Å². The van der Waals surface area contributed by atoms with Crippen molar-refractivity contribution in [3.8, 4) is 5.75 Å². The molecule has 0 radical (unpaired) electrons. The topological polar surface area (TPSA) is 34.0 Å². The van der Waals surface area contributed by atoms with Crippen LogP contribution in [0.15, 0.2) is 57.8 Å². The molecule has 0 N–H and O–H groups in total. The van der Waals surface area contributed by atoms with Crippen LogP contribution in [0.5, 0.6) is 5.75 Å². The molecule has 7 rings (SSSR count). The number of hydrogen-bond donors (Lipinski definition) is 0. The number of ether oxygens (including phenoxy) is 1. The van der Waals surface area contributed by atoms with Crippen LogP contribution in [0.1, 0.15) is 110 Å². The largest absolute Gasteiger partial charge is 0.497 e. The highest BCUT2D eigenvalue weighted by Crippen LogP contribution is 2.72. The van der Waals surface area contributed by atoms with Crippen molar-refractivity contribution in [1.82, 2.24) is 0 Å². The lowest BCUT2D eigenvalue weighted by Crippen LogP contribution is -2.58. The molecular formula is C37H50N2O. The molecule has 6 aliphatic rings. The number of rotatable bonds is 4. The summed E-state index contributed by atoms with van der Waals surface area (Å²) in [6, 6.07) is 8.36. The van der Waals surface area contributed by atoms with Crippen LogP contribution in [0.2, 0.25) is 0 Å². The summed E-state index contributed by atoms with van der Waals surface area (Å²) in [5.41, 5.74) is 9.43. The van der Waals surface area contributed by atoms with Gasteiger partial charge in [-0.2, -0.15) is 10.2 Å². The molecule has 5 aliphatic carbocycles. The van der Waals surface area contributed by atoms with E-state index in [9.17, 15) is 0 Å². The summed E-state index contributed by atoms with van der Waals surface area (Å²) >= 11 is 0. The first kappa shape index (κ1) is 26.7. The van der Waals surface area contributed by atoms with Crippen LogP contribution in [0.25, 0.3) is 0 Å². The van der Waals surface area contributed by atoms with Gasteiger partial charge in [-0.3, -0.25) is 0 Å². The van der Waals surface area contributed by atoms with Gasteiger partial charge in [0.2, 0.25) is 0 Å². The van der Waals surface area contributed by atoms with Crippen molar-refractivity contribution in [3.05, 3.63) is 53.1 Å². The van der Waals surface area contributed by atoms with Gasteiger partial charge < -0.3 is 4.74 Å². The average Bonchev–Trinajstić information content (AvgIpc) is 3.56. The van der Waals surface area contributed by atoms with Gasteiger partial charge in [0.15, 0.2) is 0 Å². The van der Waals surface area contributed by atoms with Crippen molar-refractivity contribution in [2.45, 2.75) is 105 Å². The summed E-state index contributed by atoms with van der Waals surface area (Å²) < 4.78 is 5.40. The summed E-state index contributed by atoms with van der Waals surface area (Å²) in [4.78, 5) is 0. The number of benzene rings is 1. The molecule has 0 bridgehead atoms. The highest BCUT2D eigenvalue weighted by Gasteiger charge is 2.64. The minimum Gasteiger partial charge on any atom is -0.497 e. The molecule has 3 nitrogen and oxygen atoms in total. The van der Waals surface area contributed by atoms with Gasteiger partial charge >= 0.3 is 0 Å². The van der Waals surface area contributed by atoms with Crippen LogP contribution in [0, 0.1) is 45.8 Å². The maximum atomic E-state index is 5.40. The Morgan fingerprint density at radius 3 is 2.45 bits per heavy atom. The number of methoxy groups -OCH3 is 1. The van der Waals surface area contributed by atoms with Crippen molar-refractivity contribution < 1.29 is 4.74 Å². The molecule has 0 amide bonds. The Labute approximate surface area is 242 Å². The summed E-state index contributed by atoms with van der Waals surface area (Å²) in [5, 5.41) is 9.84. The Morgan fingerprint density at radius 1 is 0.900 bits per heavy atom. The van der Waals surface area contributed by atoms with E-state index >= 15 is 0 Å². The molecule has 4 fully saturated rings. The molecule has 1 aromatic rings. The fraction of sp³-hybridized carbons (Fsp3) is 0.676. The van der Waals surface area contributed by atoms with Gasteiger partial charge in [-0.1, -0.05) is 58.3 Å². The smallest absolute Gasteiger partial charge is 0.118 e. The van der Waals surface area contributed by atoms with E-state index in [-0.39, 0.29) is 5.41 Å². The molecule has 4 saturated carbocycles. The molecular weight excluding hydrogens is 488 g/mol. The molecule has 1 aromatic carbocycles. The first-order valence-corrected chi connectivity index (χ1v) is 16.4. The Hall–Kier alpha value is -2.16. The number of hydrogen-bond acceptors (Lipinski definition) is 3. The van der Waals surface area contributed by atoms with Gasteiger partial charge in [-0.25, -0.2) is 0 Å². The Balaban J connectivity index is 1.23. The first-order chi connectivity index (χ1) is 19.2. The van der Waals surface area contributed by atoms with Crippen LogP contribution < -0.4 is 4.74 Å². The molecule has 7 atom stereocenters. The van der Waals surface area contributed by atoms with Crippen LogP contribution in [0.4, 0.5) is 0 Å². The Morgan fingerprint density at radius 2 is 1.70 bits per heavy atom. The van der Waals surface area contributed by atoms with Gasteiger partial charge in [-0.05, 0) is 134 Å². The zero-order valence-electron chi connectivity index (χ0n) is 25.7. The van der Waals surface area contributed by atoms with Crippen molar-refractivity contribution in [1.29, 1.82) is 0 Å². The van der Waals surface area contributed by atoms with E-state index in [2.05, 4.69) is 39.8 Å². The van der Waals surface area contributed by atoms with E-state index in [0.29, 0.717) is 22.7 Å². The molecule has 0 saturated heterocycles. The molecule has 214 valence electrons. The van der Waals surface area contributed by atoms with E-state index in [0.717, 1.165) is 42.1 Å². The van der Waals surface area contributed by atoms with Crippen molar-refractivity contribution >= 4 is 11.4 Å². The van der Waals surface area contributed by atoms with E-state index in [1.165, 1.54) is 81.1 Å². The normalized spacial score (nSPS) is 40.7. The Kier molecular flexibility index (Phi) is 6.30. The fourth-order valence-corrected chi connectivity index (χ4v) is 11.6. The van der Waals surface area contributed by atoms with E-state index < -0.39 is 0 Å². The van der Waals surface area contributed by atoms with Crippen LogP contribution in [-0.2, 0) is 0 Å². The SMILES string of the molecule is C=C1CC2(C3=NN=C(c4ccc(OC)cc4)C3)CCC3C(CCC4C5(C)CCCCC5CCC34C)C2=C1C(C)C. The molecule has 3 heteroatoms. The monoisotopic (exact) mass is 538 g/mol. The molecule has 1 aliphatic heterocycles. The predicted molar refractivity (Wildman–Crippen MR) is 166 cm³/mol. The number of fused-ring (bicyclic) bond motifs is 7. The molecule has 1 heterocycles. The van der Waals surface area contributed by atoms with Crippen molar-refractivity contribution in [2.24, 2.45) is 56.0 Å². The number of allylic oxidation sites excluding steroid dienone is 3. The predicted octanol–water partition coefficient (Wildman–Crippen LogP) is 9.58. The summed E-state index contributed by atoms with van der Waals surface area (Å²) in [6.45, 7) is 15.0. The van der Waals surface area contributed by atoms with Crippen molar-refractivity contribution in [3.63, 3.8) is 0 Å². The third-order valence-corrected chi connectivity index (χ3v) is 13.3. The fourth-order valence-electron chi connectivity index (χ4n) is 11.6. The lowest BCUT2D eigenvalue weighted by atomic mass is 9.39.